The maximum Gasteiger partial charge on any atom is 0.274 e. The maximum atomic E-state index is 14.1. The molecule has 0 radical (unpaired) electrons. The zero-order chi connectivity index (χ0) is 22.5. The Hall–Kier alpha value is -2.62. The first-order valence-corrected chi connectivity index (χ1v) is 10.0. The quantitative estimate of drug-likeness (QED) is 0.675. The first-order chi connectivity index (χ1) is 14.7. The number of hydrogen-bond acceptors (Lipinski definition) is 5. The molecule has 1 aliphatic carbocycles. The van der Waals surface area contributed by atoms with E-state index in [0.29, 0.717) is 19.6 Å². The van der Waals surface area contributed by atoms with Crippen LogP contribution >= 0.6 is 24.0 Å². The molecule has 172 valence electrons. The van der Waals surface area contributed by atoms with Crippen molar-refractivity contribution in [3.8, 4) is 5.75 Å². The van der Waals surface area contributed by atoms with Gasteiger partial charge in [-0.1, -0.05) is 23.7 Å². The first kappa shape index (κ1) is 24.0. The molecule has 1 aliphatic heterocycles. The molecular weight excluding hydrogens is 464 g/mol. The number of amides is 2. The number of aromatic hydroxyl groups is 1. The molecule has 1 spiro atoms. The highest BCUT2D eigenvalue weighted by Gasteiger charge is 2.60. The lowest BCUT2D eigenvalue weighted by atomic mass is 10.0. The van der Waals surface area contributed by atoms with Gasteiger partial charge in [-0.3, -0.25) is 14.4 Å². The predicted molar refractivity (Wildman–Crippen MR) is 117 cm³/mol. The minimum Gasteiger partial charge on any atom is -0.503 e. The number of benzene rings is 1. The number of likely N-dealkylation sites (N-methyl/N-ethyl adjacent to an activating group) is 1. The van der Waals surface area contributed by atoms with E-state index in [1.54, 1.807) is 20.2 Å². The van der Waals surface area contributed by atoms with E-state index in [-0.39, 0.29) is 46.7 Å². The van der Waals surface area contributed by atoms with Crippen LogP contribution < -0.4 is 10.7 Å². The van der Waals surface area contributed by atoms with E-state index in [4.69, 9.17) is 16.3 Å². The van der Waals surface area contributed by atoms with Gasteiger partial charge in [0, 0.05) is 44.9 Å². The summed E-state index contributed by atoms with van der Waals surface area (Å²) in [7, 11) is 3.17. The van der Waals surface area contributed by atoms with Crippen LogP contribution in [0, 0.1) is 11.7 Å². The Morgan fingerprint density at radius 1 is 1.41 bits per heavy atom. The van der Waals surface area contributed by atoms with Crippen molar-refractivity contribution in [3.63, 3.8) is 0 Å². The number of aromatic nitrogens is 1. The van der Waals surface area contributed by atoms with Crippen LogP contribution in [0.1, 0.15) is 32.8 Å². The Kier molecular flexibility index (Phi) is 6.55. The number of carbonyl (C=O) groups excluding carboxylic acids is 2. The second-order valence-corrected chi connectivity index (χ2v) is 8.36. The van der Waals surface area contributed by atoms with Crippen molar-refractivity contribution in [2.45, 2.75) is 18.5 Å². The first-order valence-electron chi connectivity index (χ1n) is 9.66. The molecule has 2 aromatic rings. The molecule has 4 rings (SSSR count). The van der Waals surface area contributed by atoms with Crippen LogP contribution in [0.5, 0.6) is 5.75 Å². The van der Waals surface area contributed by atoms with Crippen molar-refractivity contribution in [1.82, 2.24) is 14.8 Å². The topological polar surface area (TPSA) is 101 Å². The Labute approximate surface area is 194 Å². The standard InChI is InChI=1S/C21H21ClFN3O5.ClH/c1-25-10-21(6-12(21)9-31-2)26-8-13(17(27)18(28)16(26)20(25)30)19(29)24-7-11-4-3-5-14(22)15(11)23;/h3-5,8,12,28H,6-7,9-10H2,1-2H3,(H,24,29);1H/t12-,21-;/m0./s1. The smallest absolute Gasteiger partial charge is 0.274 e. The van der Waals surface area contributed by atoms with Gasteiger partial charge in [-0.2, -0.15) is 0 Å². The average Bonchev–Trinajstić information content (AvgIpc) is 3.41. The number of ether oxygens (including phenoxy) is 1. The maximum absolute atomic E-state index is 14.1. The molecular formula is C21H22Cl2FN3O5. The monoisotopic (exact) mass is 485 g/mol. The number of halogens is 3. The van der Waals surface area contributed by atoms with Crippen molar-refractivity contribution in [2.75, 3.05) is 27.3 Å². The van der Waals surface area contributed by atoms with Crippen molar-refractivity contribution in [3.05, 3.63) is 62.3 Å². The number of nitrogens with one attached hydrogen (secondary N) is 1. The molecule has 1 aromatic heterocycles. The van der Waals surface area contributed by atoms with Gasteiger partial charge in [0.1, 0.15) is 11.4 Å². The molecule has 2 atom stereocenters. The van der Waals surface area contributed by atoms with E-state index >= 15 is 0 Å². The zero-order valence-electron chi connectivity index (χ0n) is 17.4. The highest BCUT2D eigenvalue weighted by Crippen LogP contribution is 2.53. The number of pyridine rings is 1. The van der Waals surface area contributed by atoms with Crippen molar-refractivity contribution >= 4 is 35.8 Å². The highest BCUT2D eigenvalue weighted by molar-refractivity contribution is 6.30. The van der Waals surface area contributed by atoms with Gasteiger partial charge in [-0.15, -0.1) is 12.4 Å². The van der Waals surface area contributed by atoms with E-state index in [0.717, 1.165) is 0 Å². The van der Waals surface area contributed by atoms with Crippen molar-refractivity contribution < 1.29 is 23.8 Å². The summed E-state index contributed by atoms with van der Waals surface area (Å²) in [5, 5.41) is 12.9. The molecule has 8 nitrogen and oxygen atoms in total. The fraction of sp³-hybridized carbons (Fsp3) is 0.381. The number of hydrogen-bond donors (Lipinski definition) is 2. The number of methoxy groups -OCH3 is 1. The van der Waals surface area contributed by atoms with E-state index in [1.165, 1.54) is 27.8 Å². The third kappa shape index (κ3) is 3.74. The number of nitrogens with zero attached hydrogens (tertiary/aromatic N) is 2. The SMILES string of the molecule is COC[C@@H]1C[C@]12CN(C)C(=O)c1c(O)c(=O)c(C(=O)NCc3cccc(Cl)c3F)cn12.Cl. The fourth-order valence-corrected chi connectivity index (χ4v) is 4.48. The summed E-state index contributed by atoms with van der Waals surface area (Å²) in [6.45, 7) is 0.597. The lowest BCUT2D eigenvalue weighted by molar-refractivity contribution is 0.0664. The summed E-state index contributed by atoms with van der Waals surface area (Å²) in [4.78, 5) is 39.5. The van der Waals surface area contributed by atoms with Gasteiger partial charge in [-0.25, -0.2) is 4.39 Å². The van der Waals surface area contributed by atoms with Gasteiger partial charge >= 0.3 is 0 Å². The van der Waals surface area contributed by atoms with Gasteiger partial charge in [0.05, 0.1) is 17.2 Å². The molecule has 1 fully saturated rings. The largest absolute Gasteiger partial charge is 0.503 e. The minimum atomic E-state index is -0.960. The fourth-order valence-electron chi connectivity index (χ4n) is 4.29. The van der Waals surface area contributed by atoms with Crippen molar-refractivity contribution in [2.24, 2.45) is 5.92 Å². The second-order valence-electron chi connectivity index (χ2n) is 7.96. The van der Waals surface area contributed by atoms with Crippen LogP contribution in [-0.2, 0) is 16.8 Å². The summed E-state index contributed by atoms with van der Waals surface area (Å²) < 4.78 is 20.9. The number of carbonyl (C=O) groups is 2. The highest BCUT2D eigenvalue weighted by atomic mass is 35.5. The number of rotatable bonds is 5. The molecule has 32 heavy (non-hydrogen) atoms. The van der Waals surface area contributed by atoms with Gasteiger partial charge in [0.25, 0.3) is 11.8 Å². The van der Waals surface area contributed by atoms with Crippen LogP contribution in [0.3, 0.4) is 0 Å². The van der Waals surface area contributed by atoms with Crippen LogP contribution in [0.4, 0.5) is 4.39 Å². The molecule has 1 aromatic carbocycles. The summed E-state index contributed by atoms with van der Waals surface area (Å²) in [6.07, 6.45) is 1.98. The van der Waals surface area contributed by atoms with E-state index in [9.17, 15) is 23.9 Å². The molecule has 11 heteroatoms. The molecule has 0 saturated heterocycles. The Morgan fingerprint density at radius 3 is 2.81 bits per heavy atom. The molecule has 2 N–H and O–H groups in total. The van der Waals surface area contributed by atoms with Gasteiger partial charge in [-0.05, 0) is 12.5 Å². The average molecular weight is 486 g/mol. The van der Waals surface area contributed by atoms with Crippen molar-refractivity contribution in [1.29, 1.82) is 0 Å². The lowest BCUT2D eigenvalue weighted by Gasteiger charge is -2.35. The molecule has 2 amide bonds. The number of fused-ring (bicyclic) bond motifs is 2. The Morgan fingerprint density at radius 2 is 2.12 bits per heavy atom. The molecule has 0 unspecified atom stereocenters. The van der Waals surface area contributed by atoms with E-state index < -0.39 is 34.3 Å². The summed E-state index contributed by atoms with van der Waals surface area (Å²) in [5.41, 5.74) is -1.84. The predicted octanol–water partition coefficient (Wildman–Crippen LogP) is 2.15. The van der Waals surface area contributed by atoms with E-state index in [2.05, 4.69) is 5.32 Å². The summed E-state index contributed by atoms with van der Waals surface area (Å²) >= 11 is 5.75. The van der Waals surface area contributed by atoms with Crippen LogP contribution in [0.15, 0.2) is 29.2 Å². The minimum absolute atomic E-state index is 0. The lowest BCUT2D eigenvalue weighted by Crippen LogP contribution is -2.48. The molecule has 2 aliphatic rings. The second kappa shape index (κ2) is 8.73. The van der Waals surface area contributed by atoms with Gasteiger partial charge in [0.2, 0.25) is 5.43 Å². The van der Waals surface area contributed by atoms with Gasteiger partial charge in [0.15, 0.2) is 11.4 Å². The molecule has 1 saturated carbocycles. The Bertz CT molecular complexity index is 1150. The van der Waals surface area contributed by atoms with Crippen LogP contribution in [-0.4, -0.2) is 53.7 Å². The molecule has 0 bridgehead atoms. The van der Waals surface area contributed by atoms with Gasteiger partial charge < -0.3 is 24.6 Å². The normalized spacial score (nSPS) is 21.2. The Balaban J connectivity index is 0.00000289. The van der Waals surface area contributed by atoms with E-state index in [1.807, 2.05) is 0 Å². The summed E-state index contributed by atoms with van der Waals surface area (Å²) in [6, 6.07) is 4.39. The zero-order valence-corrected chi connectivity index (χ0v) is 18.9. The third-order valence-corrected chi connectivity index (χ3v) is 6.30. The third-order valence-electron chi connectivity index (χ3n) is 6.01. The molecule has 2 heterocycles. The summed E-state index contributed by atoms with van der Waals surface area (Å²) in [5.74, 6) is -2.68. The van der Waals surface area contributed by atoms with Crippen LogP contribution in [0.2, 0.25) is 5.02 Å². The van der Waals surface area contributed by atoms with Crippen LogP contribution in [0.25, 0.3) is 0 Å².